The molecule has 0 saturated carbocycles. The Morgan fingerprint density at radius 1 is 1.18 bits per heavy atom. The highest BCUT2D eigenvalue weighted by Crippen LogP contribution is 2.32. The first kappa shape index (κ1) is 10.4. The average Bonchev–Trinajstić information content (AvgIpc) is 2.72. The Balaban J connectivity index is 2.20. The van der Waals surface area contributed by atoms with Crippen molar-refractivity contribution < 1.29 is 0 Å². The van der Waals surface area contributed by atoms with E-state index in [2.05, 4.69) is 15.0 Å². The van der Waals surface area contributed by atoms with Crippen LogP contribution in [0.3, 0.4) is 0 Å². The van der Waals surface area contributed by atoms with Gasteiger partial charge in [0, 0.05) is 28.7 Å². The minimum absolute atomic E-state index is 0.608. The number of fused-ring (bicyclic) bond motifs is 1. The van der Waals surface area contributed by atoms with E-state index in [1.54, 1.807) is 24.5 Å². The van der Waals surface area contributed by atoms with Gasteiger partial charge < -0.3 is 5.73 Å². The van der Waals surface area contributed by atoms with Gasteiger partial charge in [0.2, 0.25) is 0 Å². The van der Waals surface area contributed by atoms with Gasteiger partial charge in [-0.05, 0) is 18.2 Å². The first-order valence-corrected chi connectivity index (χ1v) is 6.06. The number of hydrogen-bond acceptors (Lipinski definition) is 5. The number of nitrogens with two attached hydrogens (primary N) is 1. The van der Waals surface area contributed by atoms with Crippen LogP contribution in [0.4, 0.5) is 5.69 Å². The number of hydrogen-bond donors (Lipinski definition) is 1. The fraction of sp³-hybridized carbons (Fsp3) is 0. The van der Waals surface area contributed by atoms with Crippen LogP contribution in [0.2, 0.25) is 5.02 Å². The van der Waals surface area contributed by atoms with E-state index in [1.807, 2.05) is 6.07 Å². The van der Waals surface area contributed by atoms with Gasteiger partial charge in [-0.3, -0.25) is 0 Å². The Hall–Kier alpha value is -1.72. The molecule has 0 bridgehead atoms. The maximum Gasteiger partial charge on any atom is 0.190 e. The molecule has 0 radical (unpaired) electrons. The van der Waals surface area contributed by atoms with Crippen molar-refractivity contribution in [1.29, 1.82) is 0 Å². The molecule has 2 N–H and O–H groups in total. The largest absolute Gasteiger partial charge is 0.398 e. The third kappa shape index (κ3) is 1.83. The molecule has 0 saturated heterocycles. The predicted octanol–water partition coefficient (Wildman–Crippen LogP) is 2.99. The monoisotopic (exact) mass is 262 g/mol. The second kappa shape index (κ2) is 3.94. The normalized spacial score (nSPS) is 10.9. The minimum atomic E-state index is 0.608. The molecule has 3 rings (SSSR count). The second-order valence-electron chi connectivity index (χ2n) is 3.44. The van der Waals surface area contributed by atoms with Gasteiger partial charge in [-0.25, -0.2) is 15.0 Å². The fourth-order valence-corrected chi connectivity index (χ4v) is 2.62. The molecule has 0 aliphatic heterocycles. The van der Waals surface area contributed by atoms with Gasteiger partial charge in [0.05, 0.1) is 0 Å². The van der Waals surface area contributed by atoms with Crippen LogP contribution in [0.25, 0.3) is 21.0 Å². The van der Waals surface area contributed by atoms with Gasteiger partial charge in [-0.2, -0.15) is 0 Å². The Kier molecular flexibility index (Phi) is 2.42. The molecule has 0 aliphatic rings. The summed E-state index contributed by atoms with van der Waals surface area (Å²) < 4.78 is 0. The van der Waals surface area contributed by atoms with Crippen LogP contribution < -0.4 is 5.73 Å². The molecular formula is C11H7ClN4S. The molecule has 1 aromatic carbocycles. The molecule has 2 heterocycles. The van der Waals surface area contributed by atoms with Crippen molar-refractivity contribution >= 4 is 39.1 Å². The van der Waals surface area contributed by atoms with Gasteiger partial charge in [0.25, 0.3) is 0 Å². The lowest BCUT2D eigenvalue weighted by molar-refractivity contribution is 1.26. The topological polar surface area (TPSA) is 64.7 Å². The number of rotatable bonds is 1. The number of aromatic nitrogens is 3. The third-order valence-corrected chi connectivity index (χ3v) is 3.51. The molecule has 2 aromatic heterocycles. The van der Waals surface area contributed by atoms with Crippen LogP contribution in [-0.2, 0) is 0 Å². The molecule has 0 spiro atoms. The zero-order valence-corrected chi connectivity index (χ0v) is 10.2. The number of anilines is 1. The van der Waals surface area contributed by atoms with Gasteiger partial charge in [0.15, 0.2) is 10.5 Å². The molecule has 0 unspecified atom stereocenters. The molecule has 0 aliphatic carbocycles. The number of nitrogen functional groups attached to an aromatic ring is 1. The highest BCUT2D eigenvalue weighted by molar-refractivity contribution is 7.21. The zero-order chi connectivity index (χ0) is 11.8. The average molecular weight is 263 g/mol. The first-order valence-electron chi connectivity index (χ1n) is 4.87. The molecule has 4 nitrogen and oxygen atoms in total. The Morgan fingerprint density at radius 3 is 2.76 bits per heavy atom. The summed E-state index contributed by atoms with van der Waals surface area (Å²) >= 11 is 7.32. The smallest absolute Gasteiger partial charge is 0.190 e. The van der Waals surface area contributed by atoms with E-state index in [4.69, 9.17) is 17.3 Å². The number of halogens is 1. The van der Waals surface area contributed by atoms with E-state index in [0.29, 0.717) is 16.4 Å². The lowest BCUT2D eigenvalue weighted by Gasteiger charge is -2.01. The molecule has 0 fully saturated rings. The quantitative estimate of drug-likeness (QED) is 0.685. The van der Waals surface area contributed by atoms with E-state index in [0.717, 1.165) is 15.4 Å². The van der Waals surface area contributed by atoms with E-state index in [-0.39, 0.29) is 0 Å². The highest BCUT2D eigenvalue weighted by Gasteiger charge is 2.10. The summed E-state index contributed by atoms with van der Waals surface area (Å²) in [7, 11) is 0. The van der Waals surface area contributed by atoms with E-state index in [1.165, 1.54) is 11.3 Å². The van der Waals surface area contributed by atoms with E-state index < -0.39 is 0 Å². The van der Waals surface area contributed by atoms with Gasteiger partial charge in [-0.15, -0.1) is 0 Å². The van der Waals surface area contributed by atoms with Crippen LogP contribution in [-0.4, -0.2) is 15.0 Å². The van der Waals surface area contributed by atoms with Crippen molar-refractivity contribution in [1.82, 2.24) is 15.0 Å². The van der Waals surface area contributed by atoms with Gasteiger partial charge in [-0.1, -0.05) is 22.9 Å². The fourth-order valence-electron chi connectivity index (χ4n) is 1.52. The first-order chi connectivity index (χ1) is 8.24. The molecule has 3 aromatic rings. The van der Waals surface area contributed by atoms with Crippen molar-refractivity contribution in [2.45, 2.75) is 0 Å². The molecule has 17 heavy (non-hydrogen) atoms. The maximum absolute atomic E-state index is 5.92. The SMILES string of the molecule is Nc1cc(Cl)ccc1-c1nc2nccnc2s1. The Morgan fingerprint density at radius 2 is 2.00 bits per heavy atom. The molecule has 0 atom stereocenters. The van der Waals surface area contributed by atoms with Crippen LogP contribution >= 0.6 is 22.9 Å². The lowest BCUT2D eigenvalue weighted by atomic mass is 10.2. The molecular weight excluding hydrogens is 256 g/mol. The Labute approximate surface area is 106 Å². The van der Waals surface area contributed by atoms with Crippen LogP contribution in [0.1, 0.15) is 0 Å². The summed E-state index contributed by atoms with van der Waals surface area (Å²) in [6.07, 6.45) is 3.27. The summed E-state index contributed by atoms with van der Waals surface area (Å²) in [5, 5.41) is 1.42. The third-order valence-electron chi connectivity index (χ3n) is 2.29. The summed E-state index contributed by atoms with van der Waals surface area (Å²) in [6, 6.07) is 5.36. The number of benzene rings is 1. The molecule has 6 heteroatoms. The summed E-state index contributed by atoms with van der Waals surface area (Å²) in [5.74, 6) is 0. The minimum Gasteiger partial charge on any atom is -0.398 e. The van der Waals surface area contributed by atoms with E-state index in [9.17, 15) is 0 Å². The van der Waals surface area contributed by atoms with Crippen molar-refractivity contribution in [2.24, 2.45) is 0 Å². The van der Waals surface area contributed by atoms with Crippen molar-refractivity contribution in [3.63, 3.8) is 0 Å². The van der Waals surface area contributed by atoms with E-state index >= 15 is 0 Å². The van der Waals surface area contributed by atoms with Crippen LogP contribution in [0, 0.1) is 0 Å². The van der Waals surface area contributed by atoms with Crippen LogP contribution in [0.5, 0.6) is 0 Å². The van der Waals surface area contributed by atoms with Gasteiger partial charge >= 0.3 is 0 Å². The summed E-state index contributed by atoms with van der Waals surface area (Å²) in [4.78, 5) is 13.5. The van der Waals surface area contributed by atoms with Gasteiger partial charge in [0.1, 0.15) is 5.01 Å². The highest BCUT2D eigenvalue weighted by atomic mass is 35.5. The lowest BCUT2D eigenvalue weighted by Crippen LogP contribution is -1.89. The number of thiazole rings is 1. The summed E-state index contributed by atoms with van der Waals surface area (Å²) in [6.45, 7) is 0. The Bertz CT molecular complexity index is 662. The van der Waals surface area contributed by atoms with Crippen molar-refractivity contribution in [3.05, 3.63) is 35.6 Å². The second-order valence-corrected chi connectivity index (χ2v) is 4.85. The van der Waals surface area contributed by atoms with Crippen LogP contribution in [0.15, 0.2) is 30.6 Å². The maximum atomic E-state index is 5.92. The van der Waals surface area contributed by atoms with Crippen molar-refractivity contribution in [3.8, 4) is 10.6 Å². The standard InChI is InChI=1S/C11H7ClN4S/c12-6-1-2-7(8(13)5-6)10-16-9-11(17-10)15-4-3-14-9/h1-5H,13H2. The summed E-state index contributed by atoms with van der Waals surface area (Å²) in [5.41, 5.74) is 8.03. The molecule has 0 amide bonds. The molecule has 84 valence electrons. The van der Waals surface area contributed by atoms with Crippen molar-refractivity contribution in [2.75, 3.05) is 5.73 Å². The zero-order valence-electron chi connectivity index (χ0n) is 8.59. The number of nitrogens with zero attached hydrogens (tertiary/aromatic N) is 3. The predicted molar refractivity (Wildman–Crippen MR) is 70.1 cm³/mol.